The maximum Gasteiger partial charge on any atom is 0.258 e. The number of hydrogen-bond acceptors (Lipinski definition) is 4. The van der Waals surface area contributed by atoms with Gasteiger partial charge in [0.2, 0.25) is 11.8 Å². The Morgan fingerprint density at radius 3 is 2.37 bits per heavy atom. The van der Waals surface area contributed by atoms with Crippen LogP contribution in [0.1, 0.15) is 25.6 Å². The Kier molecular flexibility index (Phi) is 5.61. The Labute approximate surface area is 155 Å². The van der Waals surface area contributed by atoms with E-state index in [1.165, 1.54) is 6.92 Å². The van der Waals surface area contributed by atoms with Crippen LogP contribution in [-0.2, 0) is 16.0 Å². The van der Waals surface area contributed by atoms with E-state index in [1.807, 2.05) is 6.07 Å². The fourth-order valence-electron chi connectivity index (χ4n) is 2.73. The third kappa shape index (κ3) is 5.01. The van der Waals surface area contributed by atoms with Crippen LogP contribution in [0.5, 0.6) is 0 Å². The average Bonchev–Trinajstić information content (AvgIpc) is 2.63. The molecule has 0 spiro atoms. The minimum absolute atomic E-state index is 0.120. The zero-order valence-corrected chi connectivity index (χ0v) is 14.9. The van der Waals surface area contributed by atoms with Gasteiger partial charge in [0, 0.05) is 31.1 Å². The first kappa shape index (κ1) is 18.3. The number of aromatic amines is 1. The van der Waals surface area contributed by atoms with Crippen LogP contribution in [0.3, 0.4) is 0 Å². The summed E-state index contributed by atoms with van der Waals surface area (Å²) in [7, 11) is 0. The summed E-state index contributed by atoms with van der Waals surface area (Å²) in [6.45, 7) is 1.44. The predicted molar refractivity (Wildman–Crippen MR) is 105 cm³/mol. The maximum atomic E-state index is 12.1. The van der Waals surface area contributed by atoms with E-state index in [0.29, 0.717) is 47.4 Å². The fraction of sp³-hybridized carbons (Fsp3) is 0.200. The Hall–Kier alpha value is -3.48. The zero-order chi connectivity index (χ0) is 19.2. The van der Waals surface area contributed by atoms with Crippen molar-refractivity contribution in [1.29, 1.82) is 0 Å². The van der Waals surface area contributed by atoms with Gasteiger partial charge in [-0.05, 0) is 42.8 Å². The van der Waals surface area contributed by atoms with Crippen LogP contribution < -0.4 is 16.2 Å². The number of rotatable bonds is 6. The highest BCUT2D eigenvalue weighted by Gasteiger charge is 2.06. The Balaban J connectivity index is 1.52. The highest BCUT2D eigenvalue weighted by atomic mass is 16.2. The molecule has 7 heteroatoms. The maximum absolute atomic E-state index is 12.1. The number of aryl methyl sites for hydroxylation is 1. The molecule has 3 N–H and O–H groups in total. The van der Waals surface area contributed by atoms with Crippen LogP contribution in [0.15, 0.2) is 53.3 Å². The quantitative estimate of drug-likeness (QED) is 0.625. The van der Waals surface area contributed by atoms with E-state index in [2.05, 4.69) is 20.6 Å². The van der Waals surface area contributed by atoms with Crippen molar-refractivity contribution >= 4 is 34.1 Å². The number of aromatic nitrogens is 2. The number of fused-ring (bicyclic) bond motifs is 1. The first-order valence-corrected chi connectivity index (χ1v) is 8.67. The number of nitrogens with one attached hydrogen (secondary N) is 3. The fourth-order valence-corrected chi connectivity index (χ4v) is 2.73. The Morgan fingerprint density at radius 2 is 1.67 bits per heavy atom. The number of para-hydroxylation sites is 1. The van der Waals surface area contributed by atoms with E-state index in [4.69, 9.17) is 0 Å². The monoisotopic (exact) mass is 364 g/mol. The number of carbonyl (C=O) groups excluding carboxylic acids is 2. The third-order valence-corrected chi connectivity index (χ3v) is 3.97. The minimum Gasteiger partial charge on any atom is -0.326 e. The normalized spacial score (nSPS) is 10.6. The summed E-state index contributed by atoms with van der Waals surface area (Å²) in [5.74, 6) is 0.309. The van der Waals surface area contributed by atoms with Crippen LogP contribution in [0.4, 0.5) is 11.4 Å². The third-order valence-electron chi connectivity index (χ3n) is 3.97. The van der Waals surface area contributed by atoms with Gasteiger partial charge in [-0.3, -0.25) is 14.4 Å². The predicted octanol–water partition coefficient (Wildman–Crippen LogP) is 2.84. The molecule has 0 unspecified atom stereocenters. The van der Waals surface area contributed by atoms with Crippen molar-refractivity contribution in [2.24, 2.45) is 0 Å². The van der Waals surface area contributed by atoms with Gasteiger partial charge >= 0.3 is 0 Å². The molecule has 1 aromatic heterocycles. The second-order valence-corrected chi connectivity index (χ2v) is 6.19. The molecule has 0 aliphatic carbocycles. The molecule has 0 bridgehead atoms. The summed E-state index contributed by atoms with van der Waals surface area (Å²) in [6, 6.07) is 14.1. The van der Waals surface area contributed by atoms with Gasteiger partial charge in [0.1, 0.15) is 5.82 Å². The molecular formula is C20H20N4O3. The van der Waals surface area contributed by atoms with Gasteiger partial charge in [-0.2, -0.15) is 0 Å². The molecule has 0 fully saturated rings. The summed E-state index contributed by atoms with van der Waals surface area (Å²) < 4.78 is 0. The molecule has 3 aromatic rings. The second kappa shape index (κ2) is 8.27. The zero-order valence-electron chi connectivity index (χ0n) is 14.9. The summed E-state index contributed by atoms with van der Waals surface area (Å²) >= 11 is 0. The molecule has 138 valence electrons. The number of carbonyl (C=O) groups is 2. The van der Waals surface area contributed by atoms with Gasteiger partial charge in [0.15, 0.2) is 0 Å². The van der Waals surface area contributed by atoms with E-state index >= 15 is 0 Å². The summed E-state index contributed by atoms with van der Waals surface area (Å²) in [4.78, 5) is 42.3. The van der Waals surface area contributed by atoms with Gasteiger partial charge in [-0.15, -0.1) is 0 Å². The lowest BCUT2D eigenvalue weighted by Gasteiger charge is -2.07. The van der Waals surface area contributed by atoms with Gasteiger partial charge in [-0.1, -0.05) is 12.1 Å². The number of benzene rings is 2. The van der Waals surface area contributed by atoms with Crippen molar-refractivity contribution in [2.45, 2.75) is 26.2 Å². The first-order valence-electron chi connectivity index (χ1n) is 8.67. The van der Waals surface area contributed by atoms with Gasteiger partial charge in [-0.25, -0.2) is 4.98 Å². The number of nitrogens with zero attached hydrogens (tertiary/aromatic N) is 1. The van der Waals surface area contributed by atoms with Crippen molar-refractivity contribution in [2.75, 3.05) is 10.6 Å². The summed E-state index contributed by atoms with van der Waals surface area (Å²) in [5.41, 5.74) is 1.82. The van der Waals surface area contributed by atoms with Crippen LogP contribution in [0.25, 0.3) is 10.9 Å². The van der Waals surface area contributed by atoms with Crippen LogP contribution in [0.2, 0.25) is 0 Å². The number of H-pyrrole nitrogens is 1. The lowest BCUT2D eigenvalue weighted by Crippen LogP contribution is -2.14. The van der Waals surface area contributed by atoms with Crippen LogP contribution in [-0.4, -0.2) is 21.8 Å². The van der Waals surface area contributed by atoms with Gasteiger partial charge < -0.3 is 15.6 Å². The molecule has 0 aliphatic heterocycles. The van der Waals surface area contributed by atoms with E-state index < -0.39 is 0 Å². The highest BCUT2D eigenvalue weighted by Crippen LogP contribution is 2.14. The Bertz CT molecular complexity index is 1030. The largest absolute Gasteiger partial charge is 0.326 e. The van der Waals surface area contributed by atoms with Crippen molar-refractivity contribution in [1.82, 2.24) is 9.97 Å². The molecule has 7 nitrogen and oxygen atoms in total. The molecule has 2 amide bonds. The lowest BCUT2D eigenvalue weighted by atomic mass is 10.2. The molecule has 1 heterocycles. The standard InChI is InChI=1S/C20H20N4O3/c1-13(25)21-14-9-11-15(12-10-14)22-19(26)8-4-7-18-23-17-6-3-2-5-16(17)20(27)24-18/h2-3,5-6,9-12H,4,7-8H2,1H3,(H,21,25)(H,22,26)(H,23,24,27). The second-order valence-electron chi connectivity index (χ2n) is 6.19. The molecule has 0 aliphatic rings. The lowest BCUT2D eigenvalue weighted by molar-refractivity contribution is -0.116. The van der Waals surface area contributed by atoms with E-state index in [-0.39, 0.29) is 17.4 Å². The van der Waals surface area contributed by atoms with Crippen LogP contribution >= 0.6 is 0 Å². The van der Waals surface area contributed by atoms with Crippen molar-refractivity contribution in [3.63, 3.8) is 0 Å². The van der Waals surface area contributed by atoms with E-state index in [9.17, 15) is 14.4 Å². The Morgan fingerprint density at radius 1 is 1.00 bits per heavy atom. The van der Waals surface area contributed by atoms with Crippen LogP contribution in [0, 0.1) is 0 Å². The number of hydrogen-bond donors (Lipinski definition) is 3. The molecule has 0 saturated heterocycles. The summed E-state index contributed by atoms with van der Waals surface area (Å²) in [6.07, 6.45) is 1.38. The van der Waals surface area contributed by atoms with Gasteiger partial charge in [0.25, 0.3) is 5.56 Å². The molecule has 0 atom stereocenters. The van der Waals surface area contributed by atoms with E-state index in [1.54, 1.807) is 42.5 Å². The van der Waals surface area contributed by atoms with E-state index in [0.717, 1.165) is 0 Å². The first-order chi connectivity index (χ1) is 13.0. The molecule has 3 rings (SSSR count). The molecule has 0 saturated carbocycles. The molecule has 2 aromatic carbocycles. The highest BCUT2D eigenvalue weighted by molar-refractivity contribution is 5.92. The smallest absolute Gasteiger partial charge is 0.258 e. The number of amides is 2. The molecule has 27 heavy (non-hydrogen) atoms. The SMILES string of the molecule is CC(=O)Nc1ccc(NC(=O)CCCc2nc3ccccc3c(=O)[nH]2)cc1. The molecule has 0 radical (unpaired) electrons. The van der Waals surface area contributed by atoms with Crippen molar-refractivity contribution < 1.29 is 9.59 Å². The molecular weight excluding hydrogens is 344 g/mol. The number of anilines is 2. The summed E-state index contributed by atoms with van der Waals surface area (Å²) in [5, 5.41) is 6.03. The topological polar surface area (TPSA) is 104 Å². The minimum atomic E-state index is -0.167. The van der Waals surface area contributed by atoms with Crippen molar-refractivity contribution in [3.8, 4) is 0 Å². The van der Waals surface area contributed by atoms with Gasteiger partial charge in [0.05, 0.1) is 10.9 Å². The average molecular weight is 364 g/mol. The van der Waals surface area contributed by atoms with Crippen molar-refractivity contribution in [3.05, 3.63) is 64.7 Å².